The number of nitrogens with zero attached hydrogens (tertiary/aromatic N) is 7. The van der Waals surface area contributed by atoms with E-state index >= 15 is 0 Å². The Kier molecular flexibility index (Phi) is 8.25. The third kappa shape index (κ3) is 5.72. The van der Waals surface area contributed by atoms with E-state index in [2.05, 4.69) is 39.8 Å². The highest BCUT2D eigenvalue weighted by Crippen LogP contribution is 2.36. The standard InChI is InChI=1S/C32H38N8O4/c1-5-29(41)38-13-12-25(21-38)40-30-22(20-39(32(40)42)23-6-9-26(43-3)10-7-23)19-33-31(35-30)34-27-11-8-24(18-28(27)44-4)37-16-14-36(2)15-17-37/h5-11,18-19,25H,1,12-17,20-21H2,2-4H3,(H,33,34,35)/t25-/m0/s1. The Bertz CT molecular complexity index is 1540. The van der Waals surface area contributed by atoms with Gasteiger partial charge >= 0.3 is 6.03 Å². The Morgan fingerprint density at radius 3 is 2.48 bits per heavy atom. The molecule has 44 heavy (non-hydrogen) atoms. The second kappa shape index (κ2) is 12.4. The van der Waals surface area contributed by atoms with Gasteiger partial charge in [-0.1, -0.05) is 6.58 Å². The number of likely N-dealkylation sites (tertiary alicyclic amines) is 1. The lowest BCUT2D eigenvalue weighted by Crippen LogP contribution is -2.53. The molecule has 1 N–H and O–H groups in total. The number of benzene rings is 2. The van der Waals surface area contributed by atoms with E-state index in [9.17, 15) is 9.59 Å². The van der Waals surface area contributed by atoms with Crippen molar-refractivity contribution in [2.24, 2.45) is 0 Å². The van der Waals surface area contributed by atoms with Crippen LogP contribution in [-0.2, 0) is 11.3 Å². The summed E-state index contributed by atoms with van der Waals surface area (Å²) in [6.45, 7) is 8.78. The van der Waals surface area contributed by atoms with E-state index in [0.29, 0.717) is 49.3 Å². The van der Waals surface area contributed by atoms with Gasteiger partial charge in [0, 0.05) is 68.5 Å². The number of hydrogen-bond donors (Lipinski definition) is 1. The molecule has 3 aromatic rings. The van der Waals surface area contributed by atoms with Crippen LogP contribution < -0.4 is 29.5 Å². The van der Waals surface area contributed by atoms with Gasteiger partial charge in [-0.25, -0.2) is 9.78 Å². The predicted molar refractivity (Wildman–Crippen MR) is 170 cm³/mol. The summed E-state index contributed by atoms with van der Waals surface area (Å²) in [6, 6.07) is 13.0. The molecule has 3 aliphatic heterocycles. The van der Waals surface area contributed by atoms with Crippen molar-refractivity contribution in [3.8, 4) is 11.5 Å². The summed E-state index contributed by atoms with van der Waals surface area (Å²) in [6.07, 6.45) is 3.69. The van der Waals surface area contributed by atoms with Crippen LogP contribution in [0.15, 0.2) is 61.3 Å². The molecule has 3 amide bonds. The van der Waals surface area contributed by atoms with Gasteiger partial charge in [0.2, 0.25) is 11.9 Å². The van der Waals surface area contributed by atoms with Gasteiger partial charge in [0.05, 0.1) is 32.5 Å². The third-order valence-corrected chi connectivity index (χ3v) is 8.53. The number of aromatic nitrogens is 2. The number of methoxy groups -OCH3 is 2. The van der Waals surface area contributed by atoms with Gasteiger partial charge in [0.15, 0.2) is 0 Å². The Morgan fingerprint density at radius 2 is 1.77 bits per heavy atom. The number of anilines is 5. The molecule has 12 heteroatoms. The van der Waals surface area contributed by atoms with Gasteiger partial charge in [-0.05, 0) is 55.9 Å². The normalized spacial score (nSPS) is 18.7. The van der Waals surface area contributed by atoms with E-state index in [1.54, 1.807) is 35.1 Å². The van der Waals surface area contributed by atoms with Gasteiger partial charge in [0.25, 0.3) is 0 Å². The van der Waals surface area contributed by atoms with Crippen LogP contribution in [0.3, 0.4) is 0 Å². The fraction of sp³-hybridized carbons (Fsp3) is 0.375. The molecule has 1 aromatic heterocycles. The quantitative estimate of drug-likeness (QED) is 0.389. The Labute approximate surface area is 257 Å². The summed E-state index contributed by atoms with van der Waals surface area (Å²) in [5.41, 5.74) is 3.36. The topological polar surface area (TPSA) is 107 Å². The van der Waals surface area contributed by atoms with E-state index in [1.807, 2.05) is 36.4 Å². The lowest BCUT2D eigenvalue weighted by atomic mass is 10.1. The second-order valence-electron chi connectivity index (χ2n) is 11.2. The summed E-state index contributed by atoms with van der Waals surface area (Å²) >= 11 is 0. The van der Waals surface area contributed by atoms with E-state index in [-0.39, 0.29) is 18.0 Å². The Hall–Kier alpha value is -4.84. The minimum Gasteiger partial charge on any atom is -0.497 e. The number of ether oxygens (including phenoxy) is 2. The highest BCUT2D eigenvalue weighted by atomic mass is 16.5. The number of nitrogens with one attached hydrogen (secondary N) is 1. The molecule has 2 aromatic carbocycles. The molecule has 0 radical (unpaired) electrons. The number of rotatable bonds is 8. The molecule has 0 saturated carbocycles. The molecule has 1 atom stereocenters. The number of carbonyl (C=O) groups excluding carboxylic acids is 2. The van der Waals surface area contributed by atoms with Crippen LogP contribution in [0, 0.1) is 0 Å². The molecule has 3 aliphatic rings. The van der Waals surface area contributed by atoms with Crippen molar-refractivity contribution < 1.29 is 19.1 Å². The molecular weight excluding hydrogens is 560 g/mol. The van der Waals surface area contributed by atoms with Crippen molar-refractivity contribution in [2.45, 2.75) is 19.0 Å². The van der Waals surface area contributed by atoms with Crippen molar-refractivity contribution in [2.75, 3.05) is 80.6 Å². The average Bonchev–Trinajstić information content (AvgIpc) is 3.54. The molecule has 0 aliphatic carbocycles. The Morgan fingerprint density at radius 1 is 1.02 bits per heavy atom. The Balaban J connectivity index is 1.30. The second-order valence-corrected chi connectivity index (χ2v) is 11.2. The maximum absolute atomic E-state index is 14.1. The smallest absolute Gasteiger partial charge is 0.330 e. The summed E-state index contributed by atoms with van der Waals surface area (Å²) < 4.78 is 11.1. The van der Waals surface area contributed by atoms with Crippen LogP contribution >= 0.6 is 0 Å². The minimum absolute atomic E-state index is 0.152. The summed E-state index contributed by atoms with van der Waals surface area (Å²) in [5.74, 6) is 2.11. The minimum atomic E-state index is -0.258. The molecular formula is C32H38N8O4. The summed E-state index contributed by atoms with van der Waals surface area (Å²) in [5, 5.41) is 3.31. The molecule has 0 unspecified atom stereocenters. The number of amides is 3. The number of urea groups is 1. The van der Waals surface area contributed by atoms with Gasteiger partial charge in [-0.3, -0.25) is 14.6 Å². The van der Waals surface area contributed by atoms with Crippen LogP contribution in [0.25, 0.3) is 0 Å². The van der Waals surface area contributed by atoms with Crippen LogP contribution in [-0.4, -0.2) is 98.3 Å². The highest BCUT2D eigenvalue weighted by molar-refractivity contribution is 6.06. The average molecular weight is 599 g/mol. The van der Waals surface area contributed by atoms with Gasteiger partial charge in [-0.2, -0.15) is 4.98 Å². The maximum Gasteiger partial charge on any atom is 0.330 e. The van der Waals surface area contributed by atoms with E-state index in [4.69, 9.17) is 14.5 Å². The van der Waals surface area contributed by atoms with Crippen LogP contribution in [0.1, 0.15) is 12.0 Å². The van der Waals surface area contributed by atoms with Crippen molar-refractivity contribution in [1.82, 2.24) is 19.8 Å². The van der Waals surface area contributed by atoms with Crippen molar-refractivity contribution >= 4 is 40.8 Å². The van der Waals surface area contributed by atoms with Crippen LogP contribution in [0.2, 0.25) is 0 Å². The highest BCUT2D eigenvalue weighted by Gasteiger charge is 2.41. The molecule has 0 bridgehead atoms. The summed E-state index contributed by atoms with van der Waals surface area (Å²) in [7, 11) is 5.39. The lowest BCUT2D eigenvalue weighted by Gasteiger charge is -2.39. The molecule has 12 nitrogen and oxygen atoms in total. The fourth-order valence-corrected chi connectivity index (χ4v) is 5.98. The predicted octanol–water partition coefficient (Wildman–Crippen LogP) is 3.72. The van der Waals surface area contributed by atoms with Crippen molar-refractivity contribution in [3.05, 3.63) is 66.9 Å². The maximum atomic E-state index is 14.1. The van der Waals surface area contributed by atoms with Crippen molar-refractivity contribution in [1.29, 1.82) is 0 Å². The molecule has 230 valence electrons. The monoisotopic (exact) mass is 598 g/mol. The number of likely N-dealkylation sites (N-methyl/N-ethyl adjacent to an activating group) is 1. The molecule has 2 saturated heterocycles. The molecule has 6 rings (SSSR count). The SMILES string of the molecule is C=CC(=O)N1CC[C@H](N2C(=O)N(c3ccc(OC)cc3)Cc3cnc(Nc4ccc(N5CCN(C)CC5)cc4OC)nc32)C1. The zero-order valence-electron chi connectivity index (χ0n) is 25.4. The number of hydrogen-bond acceptors (Lipinski definition) is 9. The first kappa shape index (κ1) is 29.2. The number of carbonyl (C=O) groups is 2. The van der Waals surface area contributed by atoms with E-state index in [0.717, 1.165) is 48.8 Å². The fourth-order valence-electron chi connectivity index (χ4n) is 5.98. The molecule has 4 heterocycles. The zero-order chi connectivity index (χ0) is 30.8. The number of fused-ring (bicyclic) bond motifs is 1. The summed E-state index contributed by atoms with van der Waals surface area (Å²) in [4.78, 5) is 45.8. The van der Waals surface area contributed by atoms with Gasteiger partial charge in [-0.15, -0.1) is 0 Å². The van der Waals surface area contributed by atoms with Crippen LogP contribution in [0.4, 0.5) is 33.6 Å². The van der Waals surface area contributed by atoms with E-state index in [1.165, 1.54) is 6.08 Å². The van der Waals surface area contributed by atoms with Gasteiger partial charge in [0.1, 0.15) is 17.3 Å². The third-order valence-electron chi connectivity index (χ3n) is 8.53. The largest absolute Gasteiger partial charge is 0.497 e. The number of piperazine rings is 1. The van der Waals surface area contributed by atoms with Crippen molar-refractivity contribution in [3.63, 3.8) is 0 Å². The first-order valence-electron chi connectivity index (χ1n) is 14.8. The van der Waals surface area contributed by atoms with Crippen LogP contribution in [0.5, 0.6) is 11.5 Å². The first-order chi connectivity index (χ1) is 21.4. The molecule has 2 fully saturated rings. The van der Waals surface area contributed by atoms with Gasteiger partial charge < -0.3 is 29.5 Å². The molecule has 0 spiro atoms. The first-order valence-corrected chi connectivity index (χ1v) is 14.8. The zero-order valence-corrected chi connectivity index (χ0v) is 25.4. The lowest BCUT2D eigenvalue weighted by molar-refractivity contribution is -0.125. The van der Waals surface area contributed by atoms with E-state index < -0.39 is 0 Å².